The molecule has 2 saturated heterocycles. The number of thiazole rings is 1. The molecule has 0 bridgehead atoms. The number of hydrogen-bond acceptors (Lipinski definition) is 8. The van der Waals surface area contributed by atoms with Crippen LogP contribution in [-0.2, 0) is 51.8 Å². The Labute approximate surface area is 244 Å². The molecule has 0 amide bonds. The van der Waals surface area contributed by atoms with E-state index in [-0.39, 0.29) is 62.5 Å². The van der Waals surface area contributed by atoms with Gasteiger partial charge in [0.05, 0.1) is 34.9 Å². The number of carbonyl (C=O) groups excluding carboxylic acids is 2. The van der Waals surface area contributed by atoms with Crippen LogP contribution in [0.1, 0.15) is 77.4 Å². The predicted octanol–water partition coefficient (Wildman–Crippen LogP) is 4.29. The Balaban J connectivity index is 0.00000456. The quantitative estimate of drug-likeness (QED) is 0.298. The van der Waals surface area contributed by atoms with Crippen LogP contribution in [-0.4, -0.2) is 57.0 Å². The number of aliphatic hydroxyl groups is 2. The van der Waals surface area contributed by atoms with Crippen LogP contribution in [0.15, 0.2) is 11.0 Å². The fraction of sp³-hybridized carbons (Fsp3) is 0.704. The van der Waals surface area contributed by atoms with E-state index < -0.39 is 35.6 Å². The zero-order valence-corrected chi connectivity index (χ0v) is 26.0. The maximum atomic E-state index is 13.2. The van der Waals surface area contributed by atoms with E-state index in [1.807, 2.05) is 32.2 Å². The second-order valence-corrected chi connectivity index (χ2v) is 12.1. The summed E-state index contributed by atoms with van der Waals surface area (Å²) in [5, 5.41) is 24.5. The van der Waals surface area contributed by atoms with Gasteiger partial charge in [-0.05, 0) is 51.2 Å². The van der Waals surface area contributed by atoms with E-state index in [1.165, 1.54) is 0 Å². The van der Waals surface area contributed by atoms with Crippen molar-refractivity contribution in [3.63, 3.8) is 0 Å². The first kappa shape index (κ1) is 31.7. The minimum Gasteiger partial charge on any atom is -0.458 e. The molecule has 1 radical (unpaired) electrons. The van der Waals surface area contributed by atoms with Crippen molar-refractivity contribution < 1.29 is 62.0 Å². The Morgan fingerprint density at radius 1 is 1.28 bits per heavy atom. The van der Waals surface area contributed by atoms with E-state index in [4.69, 9.17) is 9.47 Å². The van der Waals surface area contributed by atoms with Gasteiger partial charge < -0.3 is 31.4 Å². The zero-order valence-electron chi connectivity index (χ0n) is 22.3. The summed E-state index contributed by atoms with van der Waals surface area (Å²) in [4.78, 5) is 30.5. The fourth-order valence-electron chi connectivity index (χ4n) is 4.86. The number of ketones is 1. The summed E-state index contributed by atoms with van der Waals surface area (Å²) in [6.07, 6.45) is 1.67. The van der Waals surface area contributed by atoms with Crippen molar-refractivity contribution in [3.8, 4) is 0 Å². The Kier molecular flexibility index (Phi) is 11.1. The first-order valence-corrected chi connectivity index (χ1v) is 13.3. The summed E-state index contributed by atoms with van der Waals surface area (Å²) in [5.74, 6) is -1.99. The summed E-state index contributed by atoms with van der Waals surface area (Å²) < 4.78 is 11.9. The number of Topliss-reactive ketones (excluding diaryl/α,β-unsaturated/α-hetero) is 1. The van der Waals surface area contributed by atoms with Gasteiger partial charge in [-0.3, -0.25) is 4.79 Å². The third-order valence-corrected chi connectivity index (χ3v) is 8.54. The predicted molar refractivity (Wildman–Crippen MR) is 136 cm³/mol. The molecule has 9 heteroatoms. The molecular formula is C27H40NO6SY-. The van der Waals surface area contributed by atoms with Crippen LogP contribution < -0.4 is 0 Å². The number of epoxide rings is 1. The van der Waals surface area contributed by atoms with Gasteiger partial charge >= 0.3 is 5.97 Å². The van der Waals surface area contributed by atoms with Crippen LogP contribution in [0.4, 0.5) is 0 Å². The summed E-state index contributed by atoms with van der Waals surface area (Å²) in [6.45, 7) is 14.9. The molecule has 7 atom stereocenters. The maximum Gasteiger partial charge on any atom is 0.309 e. The first-order chi connectivity index (χ1) is 16.2. The number of nitrogens with zero attached hydrogens (tertiary/aromatic N) is 1. The third-order valence-electron chi connectivity index (χ3n) is 7.75. The van der Waals surface area contributed by atoms with Crippen LogP contribution in [0.2, 0.25) is 0 Å². The number of rotatable bonds is 2. The number of aliphatic hydroxyl groups excluding tert-OH is 2. The van der Waals surface area contributed by atoms with E-state index in [0.717, 1.165) is 35.5 Å². The molecular weight excluding hydrogens is 555 g/mol. The standard InChI is InChI=1S/C27H40NO6S.Y/c1-15-9-8-10-27(7)22(34-27)12-20(16(2)11-19-14-35-18(4)28-19)33-23(30)13-21(29)26(5,6)25(32)17(3)24(15)31;/h11,14-15,17,20-22,24,29,31H,3,8-10,12-13H2,1-2,4-7H3;/q-1;/b16-11+;/t15-,17+,20?,21-,22-,24-,27?;/m0./s1. The number of esters is 1. The van der Waals surface area contributed by atoms with Gasteiger partial charge in [0.25, 0.3) is 0 Å². The van der Waals surface area contributed by atoms with Crippen LogP contribution >= 0.6 is 11.3 Å². The summed E-state index contributed by atoms with van der Waals surface area (Å²) in [5.41, 5.74) is 0.0841. The molecule has 36 heavy (non-hydrogen) atoms. The number of ether oxygens (including phenoxy) is 2. The minimum absolute atomic E-state index is 0. The van der Waals surface area contributed by atoms with Gasteiger partial charge in [-0.2, -0.15) is 0 Å². The molecule has 2 unspecified atom stereocenters. The van der Waals surface area contributed by atoms with E-state index in [2.05, 4.69) is 18.8 Å². The van der Waals surface area contributed by atoms with Crippen molar-refractivity contribution in [2.45, 2.75) is 104 Å². The number of aromatic nitrogens is 1. The molecule has 1 aromatic rings. The van der Waals surface area contributed by atoms with E-state index in [9.17, 15) is 19.8 Å². The molecule has 0 saturated carbocycles. The molecule has 1 aromatic heterocycles. The number of aryl methyl sites for hydroxylation is 1. The molecule has 3 heterocycles. The molecule has 2 aliphatic rings. The molecule has 7 nitrogen and oxygen atoms in total. The average molecular weight is 596 g/mol. The molecule has 3 rings (SSSR count). The van der Waals surface area contributed by atoms with Gasteiger partial charge in [-0.1, -0.05) is 33.1 Å². The number of fused-ring (bicyclic) bond motifs is 1. The van der Waals surface area contributed by atoms with Gasteiger partial charge in [0, 0.05) is 56.0 Å². The first-order valence-electron chi connectivity index (χ1n) is 12.5. The largest absolute Gasteiger partial charge is 0.458 e. The smallest absolute Gasteiger partial charge is 0.309 e. The normalized spacial score (nSPS) is 36.4. The van der Waals surface area contributed by atoms with Gasteiger partial charge in [0.2, 0.25) is 0 Å². The van der Waals surface area contributed by atoms with Crippen molar-refractivity contribution in [3.05, 3.63) is 28.6 Å². The molecule has 0 aromatic carbocycles. The zero-order chi connectivity index (χ0) is 26.1. The van der Waals surface area contributed by atoms with Crippen molar-refractivity contribution in [2.75, 3.05) is 0 Å². The Bertz CT molecular complexity index is 962. The van der Waals surface area contributed by atoms with Gasteiger partial charge in [0.15, 0.2) is 0 Å². The van der Waals surface area contributed by atoms with Gasteiger partial charge in [-0.15, -0.1) is 11.3 Å². The molecule has 2 fully saturated rings. The second-order valence-electron chi connectivity index (χ2n) is 11.1. The molecule has 2 N–H and O–H groups in total. The Morgan fingerprint density at radius 3 is 2.56 bits per heavy atom. The minimum atomic E-state index is -1.27. The van der Waals surface area contributed by atoms with E-state index in [1.54, 1.807) is 25.2 Å². The van der Waals surface area contributed by atoms with Gasteiger partial charge in [-0.25, -0.2) is 4.98 Å². The summed E-state index contributed by atoms with van der Waals surface area (Å²) in [7, 11) is 0. The van der Waals surface area contributed by atoms with Crippen molar-refractivity contribution in [1.82, 2.24) is 4.98 Å². The molecule has 0 aliphatic carbocycles. The SMILES string of the molecule is [CH2-][C@H]1C(=O)C(C)(C)[C@@H](O)CC(=O)OC(/C(C)=C/c2csc(C)n2)C[C@@H]2OC2(C)CCC[C@H](C)[C@@H]1O.[Y]. The summed E-state index contributed by atoms with van der Waals surface area (Å²) >= 11 is 1.55. The van der Waals surface area contributed by atoms with Crippen LogP contribution in [0.3, 0.4) is 0 Å². The number of carbonyl (C=O) groups is 2. The number of cyclic esters (lactones) is 1. The van der Waals surface area contributed by atoms with Crippen LogP contribution in [0, 0.1) is 31.1 Å². The monoisotopic (exact) mass is 595 g/mol. The average Bonchev–Trinajstić information content (AvgIpc) is 3.22. The second kappa shape index (κ2) is 12.6. The topological polar surface area (TPSA) is 109 Å². The van der Waals surface area contributed by atoms with Crippen molar-refractivity contribution in [2.24, 2.45) is 17.3 Å². The van der Waals surface area contributed by atoms with Crippen molar-refractivity contribution in [1.29, 1.82) is 0 Å². The molecule has 2 aliphatic heterocycles. The fourth-order valence-corrected chi connectivity index (χ4v) is 5.43. The number of hydrogen-bond donors (Lipinski definition) is 2. The molecule has 199 valence electrons. The van der Waals surface area contributed by atoms with E-state index >= 15 is 0 Å². The van der Waals surface area contributed by atoms with E-state index in [0.29, 0.717) is 6.42 Å². The molecule has 0 spiro atoms. The Hall–Kier alpha value is -0.506. The van der Waals surface area contributed by atoms with Crippen LogP contribution in [0.25, 0.3) is 6.08 Å². The van der Waals surface area contributed by atoms with Crippen molar-refractivity contribution >= 4 is 29.2 Å². The maximum absolute atomic E-state index is 13.2. The van der Waals surface area contributed by atoms with Gasteiger partial charge in [0.1, 0.15) is 11.9 Å². The third kappa shape index (κ3) is 7.54. The summed E-state index contributed by atoms with van der Waals surface area (Å²) in [6, 6.07) is 0. The Morgan fingerprint density at radius 2 is 1.94 bits per heavy atom. The van der Waals surface area contributed by atoms with Crippen LogP contribution in [0.5, 0.6) is 0 Å².